The van der Waals surface area contributed by atoms with Crippen molar-refractivity contribution in [1.82, 2.24) is 0 Å². The van der Waals surface area contributed by atoms with Crippen LogP contribution in [0.3, 0.4) is 0 Å². The number of anilines is 1. The topological polar surface area (TPSA) is 72.2 Å². The highest BCUT2D eigenvalue weighted by atomic mass is 35.5. The Morgan fingerprint density at radius 2 is 1.70 bits per heavy atom. The Balaban J connectivity index is 2.42. The van der Waals surface area contributed by atoms with E-state index in [1.807, 2.05) is 12.1 Å². The highest BCUT2D eigenvalue weighted by molar-refractivity contribution is 6.36. The molecular formula is C17H16Cl2N2O2. The summed E-state index contributed by atoms with van der Waals surface area (Å²) < 4.78 is 0. The van der Waals surface area contributed by atoms with Gasteiger partial charge in [-0.25, -0.2) is 0 Å². The first-order chi connectivity index (χ1) is 10.9. The quantitative estimate of drug-likeness (QED) is 0.832. The van der Waals surface area contributed by atoms with Crippen molar-refractivity contribution in [3.8, 4) is 0 Å². The molecule has 1 unspecified atom stereocenters. The van der Waals surface area contributed by atoms with E-state index in [0.29, 0.717) is 21.3 Å². The molecule has 2 aromatic rings. The lowest BCUT2D eigenvalue weighted by Gasteiger charge is -2.21. The van der Waals surface area contributed by atoms with E-state index in [9.17, 15) is 9.59 Å². The number of carbonyl (C=O) groups excluding carboxylic acids is 2. The molecule has 0 bridgehead atoms. The largest absolute Gasteiger partial charge is 0.370 e. The van der Waals surface area contributed by atoms with Crippen molar-refractivity contribution >= 4 is 40.6 Å². The van der Waals surface area contributed by atoms with Gasteiger partial charge in [0.15, 0.2) is 0 Å². The van der Waals surface area contributed by atoms with Crippen molar-refractivity contribution in [3.63, 3.8) is 0 Å². The molecule has 2 aromatic carbocycles. The summed E-state index contributed by atoms with van der Waals surface area (Å²) in [6.45, 7) is 1.51. The zero-order valence-corrected chi connectivity index (χ0v) is 14.0. The minimum atomic E-state index is -0.899. The first kappa shape index (κ1) is 17.3. The molecule has 3 N–H and O–H groups in total. The van der Waals surface area contributed by atoms with Crippen LogP contribution in [0, 0.1) is 0 Å². The van der Waals surface area contributed by atoms with Crippen molar-refractivity contribution in [2.45, 2.75) is 19.4 Å². The van der Waals surface area contributed by atoms with Crippen molar-refractivity contribution in [2.75, 3.05) is 5.32 Å². The number of benzene rings is 2. The molecule has 0 fully saturated rings. The van der Waals surface area contributed by atoms with E-state index in [0.717, 1.165) is 5.56 Å². The molecule has 23 heavy (non-hydrogen) atoms. The summed E-state index contributed by atoms with van der Waals surface area (Å²) in [5.74, 6) is -0.594. The molecule has 0 heterocycles. The Kier molecular flexibility index (Phi) is 5.64. The van der Waals surface area contributed by atoms with Gasteiger partial charge in [-0.2, -0.15) is 0 Å². The van der Waals surface area contributed by atoms with Gasteiger partial charge in [-0.1, -0.05) is 47.5 Å². The number of hydrogen-bond acceptors (Lipinski definition) is 3. The average Bonchev–Trinajstić information content (AvgIpc) is 2.47. The number of amides is 1. The number of halogens is 2. The van der Waals surface area contributed by atoms with Crippen LogP contribution in [0.25, 0.3) is 0 Å². The monoisotopic (exact) mass is 350 g/mol. The van der Waals surface area contributed by atoms with Crippen molar-refractivity contribution in [3.05, 3.63) is 63.6 Å². The Bertz CT molecular complexity index is 727. The van der Waals surface area contributed by atoms with Crippen LogP contribution in [-0.2, 0) is 16.0 Å². The molecule has 2 rings (SSSR count). The molecule has 1 atom stereocenters. The van der Waals surface area contributed by atoms with E-state index < -0.39 is 11.9 Å². The second-order valence-corrected chi connectivity index (χ2v) is 5.97. The fourth-order valence-electron chi connectivity index (χ4n) is 2.31. The molecule has 1 amide bonds. The highest BCUT2D eigenvalue weighted by Gasteiger charge is 2.24. The summed E-state index contributed by atoms with van der Waals surface area (Å²) in [6.07, 6.45) is 0.255. The molecular weight excluding hydrogens is 335 g/mol. The first-order valence-electron chi connectivity index (χ1n) is 6.97. The minimum Gasteiger partial charge on any atom is -0.370 e. The molecule has 0 aromatic heterocycles. The third-order valence-electron chi connectivity index (χ3n) is 3.33. The molecule has 0 saturated carbocycles. The Morgan fingerprint density at radius 1 is 1.09 bits per heavy atom. The molecule has 0 radical (unpaired) electrons. The number of rotatable bonds is 6. The third-order valence-corrected chi connectivity index (χ3v) is 3.99. The van der Waals surface area contributed by atoms with Crippen LogP contribution in [0.2, 0.25) is 10.0 Å². The van der Waals surface area contributed by atoms with Crippen molar-refractivity contribution < 1.29 is 9.59 Å². The van der Waals surface area contributed by atoms with Gasteiger partial charge in [0, 0.05) is 27.7 Å². The SMILES string of the molecule is CC(=O)Cc1ccccc1NC(C(N)=O)c1c(Cl)cccc1Cl. The normalized spacial score (nSPS) is 11.8. The number of ketones is 1. The number of nitrogens with two attached hydrogens (primary N) is 1. The first-order valence-corrected chi connectivity index (χ1v) is 7.73. The number of hydrogen-bond donors (Lipinski definition) is 2. The number of Topliss-reactive ketones (excluding diaryl/α,β-unsaturated/α-hetero) is 1. The van der Waals surface area contributed by atoms with E-state index in [1.165, 1.54) is 6.92 Å². The highest BCUT2D eigenvalue weighted by Crippen LogP contribution is 2.33. The molecule has 0 saturated heterocycles. The van der Waals surface area contributed by atoms with Crippen LogP contribution >= 0.6 is 23.2 Å². The molecule has 0 aliphatic rings. The molecule has 4 nitrogen and oxygen atoms in total. The van der Waals surface area contributed by atoms with Gasteiger partial charge in [0.25, 0.3) is 0 Å². The van der Waals surface area contributed by atoms with Gasteiger partial charge in [-0.15, -0.1) is 0 Å². The van der Waals surface area contributed by atoms with Crippen LogP contribution in [-0.4, -0.2) is 11.7 Å². The number of nitrogens with one attached hydrogen (secondary N) is 1. The lowest BCUT2D eigenvalue weighted by molar-refractivity contribution is -0.119. The van der Waals surface area contributed by atoms with Crippen molar-refractivity contribution in [1.29, 1.82) is 0 Å². The maximum Gasteiger partial charge on any atom is 0.244 e. The predicted molar refractivity (Wildman–Crippen MR) is 92.8 cm³/mol. The number of carbonyl (C=O) groups is 2. The Hall–Kier alpha value is -2.04. The van der Waals surface area contributed by atoms with Crippen LogP contribution in [0.5, 0.6) is 0 Å². The summed E-state index contributed by atoms with van der Waals surface area (Å²) in [5, 5.41) is 3.75. The fraction of sp³-hybridized carbons (Fsp3) is 0.176. The van der Waals surface area contributed by atoms with Gasteiger partial charge in [-0.3, -0.25) is 9.59 Å². The smallest absolute Gasteiger partial charge is 0.244 e. The lowest BCUT2D eigenvalue weighted by atomic mass is 10.0. The molecule has 0 spiro atoms. The maximum atomic E-state index is 11.9. The summed E-state index contributed by atoms with van der Waals surface area (Å²) in [5.41, 5.74) is 7.35. The Labute approximate surface area is 144 Å². The van der Waals surface area contributed by atoms with E-state index in [2.05, 4.69) is 5.32 Å². The van der Waals surface area contributed by atoms with E-state index in [-0.39, 0.29) is 12.2 Å². The zero-order chi connectivity index (χ0) is 17.0. The summed E-state index contributed by atoms with van der Waals surface area (Å²) in [6, 6.07) is 11.3. The lowest BCUT2D eigenvalue weighted by Crippen LogP contribution is -2.28. The maximum absolute atomic E-state index is 11.9. The van der Waals surface area contributed by atoms with Crippen LogP contribution in [0.1, 0.15) is 24.1 Å². The van der Waals surface area contributed by atoms with Crippen molar-refractivity contribution in [2.24, 2.45) is 5.73 Å². The van der Waals surface area contributed by atoms with Crippen LogP contribution in [0.15, 0.2) is 42.5 Å². The number of para-hydroxylation sites is 1. The van der Waals surface area contributed by atoms with Crippen LogP contribution in [0.4, 0.5) is 5.69 Å². The summed E-state index contributed by atoms with van der Waals surface area (Å²) >= 11 is 12.3. The van der Waals surface area contributed by atoms with Crippen LogP contribution < -0.4 is 11.1 Å². The standard InChI is InChI=1S/C17H16Cl2N2O2/c1-10(22)9-11-5-2-3-8-14(11)21-16(17(20)23)15-12(18)6-4-7-13(15)19/h2-8,16,21H,9H2,1H3,(H2,20,23). The second-order valence-electron chi connectivity index (χ2n) is 5.15. The van der Waals surface area contributed by atoms with Gasteiger partial charge >= 0.3 is 0 Å². The summed E-state index contributed by atoms with van der Waals surface area (Å²) in [4.78, 5) is 23.3. The zero-order valence-electron chi connectivity index (χ0n) is 12.5. The predicted octanol–water partition coefficient (Wildman–Crippen LogP) is 3.76. The molecule has 0 aliphatic heterocycles. The molecule has 0 aliphatic carbocycles. The van der Waals surface area contributed by atoms with Gasteiger partial charge in [-0.05, 0) is 30.7 Å². The van der Waals surface area contributed by atoms with Gasteiger partial charge in [0.2, 0.25) is 5.91 Å². The number of primary amides is 1. The van der Waals surface area contributed by atoms with Gasteiger partial charge in [0.05, 0.1) is 0 Å². The average molecular weight is 351 g/mol. The summed E-state index contributed by atoms with van der Waals surface area (Å²) in [7, 11) is 0. The second kappa shape index (κ2) is 7.49. The van der Waals surface area contributed by atoms with E-state index in [4.69, 9.17) is 28.9 Å². The molecule has 120 valence electrons. The fourth-order valence-corrected chi connectivity index (χ4v) is 2.93. The minimum absolute atomic E-state index is 0.0191. The Morgan fingerprint density at radius 3 is 2.26 bits per heavy atom. The van der Waals surface area contributed by atoms with Gasteiger partial charge < -0.3 is 11.1 Å². The van der Waals surface area contributed by atoms with E-state index in [1.54, 1.807) is 30.3 Å². The van der Waals surface area contributed by atoms with Gasteiger partial charge in [0.1, 0.15) is 11.8 Å². The third kappa shape index (κ3) is 4.24. The molecule has 6 heteroatoms. The van der Waals surface area contributed by atoms with E-state index >= 15 is 0 Å².